The third-order valence-corrected chi connectivity index (χ3v) is 12.2. The first-order chi connectivity index (χ1) is 26.5. The predicted molar refractivity (Wildman–Crippen MR) is 224 cm³/mol. The maximum absolute atomic E-state index is 9.67. The van der Waals surface area contributed by atoms with Crippen LogP contribution < -0.4 is 0 Å². The molecular weight excluding hydrogens is 675 g/mol. The van der Waals surface area contributed by atoms with Gasteiger partial charge in [0.05, 0.1) is 23.0 Å². The molecule has 0 fully saturated rings. The van der Waals surface area contributed by atoms with E-state index >= 15 is 0 Å². The second-order valence-electron chi connectivity index (χ2n) is 14.5. The SMILES string of the molecule is CC1(C)c2cc(C#N)ccc2-c2ccc(-c3ccc4c(sc5ccccc54)c3-c3ccc(-c4cc(-c5ccccc5)nc(-c5ccccc5)n4)cc3)cc21. The highest BCUT2D eigenvalue weighted by atomic mass is 32.1. The van der Waals surface area contributed by atoms with Crippen LogP contribution in [0.1, 0.15) is 30.5 Å². The largest absolute Gasteiger partial charge is 0.228 e. The Bertz CT molecular complexity index is 2890. The molecule has 0 atom stereocenters. The first-order valence-electron chi connectivity index (χ1n) is 18.2. The summed E-state index contributed by atoms with van der Waals surface area (Å²) in [5.74, 6) is 0.707. The van der Waals surface area contributed by atoms with Crippen LogP contribution in [0, 0.1) is 11.3 Å². The van der Waals surface area contributed by atoms with Gasteiger partial charge in [0.15, 0.2) is 5.82 Å². The van der Waals surface area contributed by atoms with Gasteiger partial charge in [-0.1, -0.05) is 147 Å². The molecule has 254 valence electrons. The molecule has 10 rings (SSSR count). The van der Waals surface area contributed by atoms with Crippen molar-refractivity contribution in [3.63, 3.8) is 0 Å². The molecule has 0 amide bonds. The molecule has 3 nitrogen and oxygen atoms in total. The molecule has 0 bridgehead atoms. The number of aromatic nitrogens is 2. The number of nitriles is 1. The molecule has 0 N–H and O–H groups in total. The molecule has 0 spiro atoms. The van der Waals surface area contributed by atoms with Crippen molar-refractivity contribution < 1.29 is 0 Å². The number of benzene rings is 7. The first kappa shape index (κ1) is 32.0. The highest BCUT2D eigenvalue weighted by molar-refractivity contribution is 7.26. The zero-order chi connectivity index (χ0) is 36.4. The van der Waals surface area contributed by atoms with Gasteiger partial charge in [0.25, 0.3) is 0 Å². The highest BCUT2D eigenvalue weighted by Crippen LogP contribution is 2.51. The Morgan fingerprint density at radius 3 is 1.80 bits per heavy atom. The lowest BCUT2D eigenvalue weighted by molar-refractivity contribution is 0.660. The average Bonchev–Trinajstić information content (AvgIpc) is 3.72. The fourth-order valence-corrected chi connectivity index (χ4v) is 9.44. The van der Waals surface area contributed by atoms with Gasteiger partial charge in [-0.2, -0.15) is 5.26 Å². The van der Waals surface area contributed by atoms with Crippen molar-refractivity contribution in [2.75, 3.05) is 0 Å². The molecule has 0 unspecified atom stereocenters. The molecule has 0 saturated heterocycles. The quantitative estimate of drug-likeness (QED) is 0.179. The van der Waals surface area contributed by atoms with Crippen LogP contribution in [0.5, 0.6) is 0 Å². The molecule has 2 heterocycles. The number of hydrogen-bond acceptors (Lipinski definition) is 4. The van der Waals surface area contributed by atoms with E-state index in [9.17, 15) is 5.26 Å². The summed E-state index contributed by atoms with van der Waals surface area (Å²) >= 11 is 1.86. The van der Waals surface area contributed by atoms with Crippen LogP contribution in [0.25, 0.3) is 87.5 Å². The van der Waals surface area contributed by atoms with Crippen molar-refractivity contribution in [2.45, 2.75) is 19.3 Å². The predicted octanol–water partition coefficient (Wildman–Crippen LogP) is 13.4. The van der Waals surface area contributed by atoms with Crippen LogP contribution in [-0.4, -0.2) is 9.97 Å². The first-order valence-corrected chi connectivity index (χ1v) is 19.0. The summed E-state index contributed by atoms with van der Waals surface area (Å²) < 4.78 is 2.56. The topological polar surface area (TPSA) is 49.6 Å². The van der Waals surface area contributed by atoms with Gasteiger partial charge in [-0.05, 0) is 69.3 Å². The van der Waals surface area contributed by atoms with Gasteiger partial charge >= 0.3 is 0 Å². The molecule has 4 heteroatoms. The molecule has 9 aromatic rings. The number of thiophene rings is 1. The van der Waals surface area contributed by atoms with Crippen LogP contribution >= 0.6 is 11.3 Å². The van der Waals surface area contributed by atoms with Crippen molar-refractivity contribution in [3.05, 3.63) is 180 Å². The van der Waals surface area contributed by atoms with E-state index in [4.69, 9.17) is 9.97 Å². The lowest BCUT2D eigenvalue weighted by Crippen LogP contribution is -2.15. The third-order valence-electron chi connectivity index (χ3n) is 11.0. The van der Waals surface area contributed by atoms with E-state index in [1.807, 2.05) is 53.8 Å². The molecule has 0 radical (unpaired) electrons. The molecule has 54 heavy (non-hydrogen) atoms. The van der Waals surface area contributed by atoms with Crippen molar-refractivity contribution >= 4 is 31.5 Å². The average molecular weight is 708 g/mol. The summed E-state index contributed by atoms with van der Waals surface area (Å²) in [6.45, 7) is 4.55. The number of nitrogens with zero attached hydrogens (tertiary/aromatic N) is 3. The molecule has 1 aliphatic carbocycles. The second kappa shape index (κ2) is 12.5. The Balaban J connectivity index is 1.13. The van der Waals surface area contributed by atoms with E-state index in [1.165, 1.54) is 59.1 Å². The van der Waals surface area contributed by atoms with Crippen LogP contribution in [0.3, 0.4) is 0 Å². The summed E-state index contributed by atoms with van der Waals surface area (Å²) in [4.78, 5) is 10.1. The van der Waals surface area contributed by atoms with Crippen molar-refractivity contribution in [1.29, 1.82) is 5.26 Å². The van der Waals surface area contributed by atoms with Gasteiger partial charge in [-0.3, -0.25) is 0 Å². The summed E-state index contributed by atoms with van der Waals surface area (Å²) in [7, 11) is 0. The second-order valence-corrected chi connectivity index (χ2v) is 15.5. The van der Waals surface area contributed by atoms with E-state index in [0.29, 0.717) is 11.4 Å². The Labute approximate surface area is 318 Å². The summed E-state index contributed by atoms with van der Waals surface area (Å²) in [5, 5.41) is 12.2. The normalized spacial score (nSPS) is 12.8. The van der Waals surface area contributed by atoms with Crippen LogP contribution in [0.2, 0.25) is 0 Å². The number of hydrogen-bond donors (Lipinski definition) is 0. The molecule has 0 saturated carbocycles. The lowest BCUT2D eigenvalue weighted by atomic mass is 9.80. The summed E-state index contributed by atoms with van der Waals surface area (Å²) in [5.41, 5.74) is 15.1. The fraction of sp³-hybridized carbons (Fsp3) is 0.0600. The minimum atomic E-state index is -0.230. The van der Waals surface area contributed by atoms with Gasteiger partial charge in [0.1, 0.15) is 0 Å². The maximum atomic E-state index is 9.67. The van der Waals surface area contributed by atoms with E-state index in [1.54, 1.807) is 0 Å². The molecule has 1 aliphatic rings. The van der Waals surface area contributed by atoms with Crippen molar-refractivity contribution in [1.82, 2.24) is 9.97 Å². The maximum Gasteiger partial charge on any atom is 0.160 e. The van der Waals surface area contributed by atoms with Crippen LogP contribution in [0.15, 0.2) is 164 Å². The number of fused-ring (bicyclic) bond motifs is 6. The molecule has 7 aromatic carbocycles. The number of rotatable bonds is 5. The van der Waals surface area contributed by atoms with Gasteiger partial charge < -0.3 is 0 Å². The molecular formula is C50H33N3S. The standard InChI is InChI=1S/C50H33N3S/c1-50(2)42-27-31(30-51)17-23-38(42)39-24-22-36(28-43(39)50)37-25-26-41-40-15-9-10-16-46(40)54-48(41)47(37)34-20-18-33(19-21-34)45-29-44(32-11-5-3-6-12-32)52-49(53-45)35-13-7-4-8-14-35/h3-29H,1-2H3. The zero-order valence-electron chi connectivity index (χ0n) is 29.8. The van der Waals surface area contributed by atoms with E-state index in [2.05, 4.69) is 141 Å². The van der Waals surface area contributed by atoms with Crippen LogP contribution in [-0.2, 0) is 5.41 Å². The van der Waals surface area contributed by atoms with E-state index < -0.39 is 0 Å². The Morgan fingerprint density at radius 1 is 0.500 bits per heavy atom. The molecule has 0 aliphatic heterocycles. The van der Waals surface area contributed by atoms with Gasteiger partial charge in [-0.15, -0.1) is 11.3 Å². The Kier molecular flexibility index (Phi) is 7.40. The van der Waals surface area contributed by atoms with Crippen molar-refractivity contribution in [3.8, 4) is 73.4 Å². The monoisotopic (exact) mass is 707 g/mol. The van der Waals surface area contributed by atoms with E-state index in [-0.39, 0.29) is 5.41 Å². The van der Waals surface area contributed by atoms with Gasteiger partial charge in [0, 0.05) is 47.8 Å². The van der Waals surface area contributed by atoms with Crippen LogP contribution in [0.4, 0.5) is 0 Å². The van der Waals surface area contributed by atoms with Gasteiger partial charge in [0.2, 0.25) is 0 Å². The fourth-order valence-electron chi connectivity index (χ4n) is 8.17. The van der Waals surface area contributed by atoms with Crippen molar-refractivity contribution in [2.24, 2.45) is 0 Å². The Hall–Kier alpha value is -6.67. The van der Waals surface area contributed by atoms with Gasteiger partial charge in [-0.25, -0.2) is 9.97 Å². The minimum absolute atomic E-state index is 0.230. The molecule has 2 aromatic heterocycles. The highest BCUT2D eigenvalue weighted by Gasteiger charge is 2.36. The minimum Gasteiger partial charge on any atom is -0.228 e. The Morgan fingerprint density at radius 2 is 1.07 bits per heavy atom. The lowest BCUT2D eigenvalue weighted by Gasteiger charge is -2.22. The summed E-state index contributed by atoms with van der Waals surface area (Å²) in [6.07, 6.45) is 0. The third kappa shape index (κ3) is 5.16. The smallest absolute Gasteiger partial charge is 0.160 e. The zero-order valence-corrected chi connectivity index (χ0v) is 30.7. The van der Waals surface area contributed by atoms with E-state index in [0.717, 1.165) is 33.6 Å². The summed E-state index contributed by atoms with van der Waals surface area (Å²) in [6, 6.07) is 60.2.